The van der Waals surface area contributed by atoms with Crippen LogP contribution in [0.1, 0.15) is 64.2 Å². The summed E-state index contributed by atoms with van der Waals surface area (Å²) >= 11 is 6.12. The fourth-order valence-electron chi connectivity index (χ4n) is 2.65. The number of carbonyl (C=O) groups is 1. The van der Waals surface area contributed by atoms with Crippen LogP contribution in [-0.2, 0) is 19.4 Å². The second-order valence-electron chi connectivity index (χ2n) is 6.21. The summed E-state index contributed by atoms with van der Waals surface area (Å²) in [6.07, 6.45) is 9.24. The van der Waals surface area contributed by atoms with Crippen molar-refractivity contribution >= 4 is 27.4 Å². The minimum Gasteiger partial charge on any atom is -0.469 e. The molecule has 1 aromatic rings. The summed E-state index contributed by atoms with van der Waals surface area (Å²) in [5.74, 6) is -0.138. The van der Waals surface area contributed by atoms with Crippen LogP contribution >= 0.6 is 11.6 Å². The summed E-state index contributed by atoms with van der Waals surface area (Å²) < 4.78 is 28.4. The Bertz CT molecular complexity index is 587. The summed E-state index contributed by atoms with van der Waals surface area (Å²) in [6, 6.07) is 8.39. The van der Waals surface area contributed by atoms with Gasteiger partial charge in [-0.15, -0.1) is 11.6 Å². The smallest absolute Gasteiger partial charge is 0.305 e. The fraction of sp³-hybridized carbons (Fsp3) is 0.632. The molecule has 0 bridgehead atoms. The van der Waals surface area contributed by atoms with Gasteiger partial charge in [-0.05, 0) is 25.0 Å². The number of esters is 1. The first-order valence-electron chi connectivity index (χ1n) is 8.98. The number of alkyl halides is 1. The predicted molar refractivity (Wildman–Crippen MR) is 101 cm³/mol. The Kier molecular flexibility index (Phi) is 10.8. The van der Waals surface area contributed by atoms with Crippen LogP contribution < -0.4 is 0 Å². The molecule has 0 aromatic heterocycles. The Morgan fingerprint density at radius 3 is 2.04 bits per heavy atom. The molecular weight excluding hydrogens is 360 g/mol. The Balaban J connectivity index is 2.07. The van der Waals surface area contributed by atoms with E-state index in [1.807, 2.05) is 0 Å². The molecule has 1 unspecified atom stereocenters. The van der Waals surface area contributed by atoms with Crippen LogP contribution in [0.2, 0.25) is 0 Å². The zero-order chi connectivity index (χ0) is 18.5. The molecule has 0 aliphatic carbocycles. The molecule has 6 heteroatoms. The van der Waals surface area contributed by atoms with Gasteiger partial charge in [-0.2, -0.15) is 0 Å². The summed E-state index contributed by atoms with van der Waals surface area (Å²) in [5.41, 5.74) is 0. The number of hydrogen-bond donors (Lipinski definition) is 0. The lowest BCUT2D eigenvalue weighted by atomic mass is 10.1. The first-order chi connectivity index (χ1) is 12.0. The molecule has 0 fully saturated rings. The molecule has 1 aromatic carbocycles. The van der Waals surface area contributed by atoms with E-state index in [1.165, 1.54) is 7.11 Å². The van der Waals surface area contributed by atoms with Crippen molar-refractivity contribution in [3.8, 4) is 0 Å². The molecule has 1 rings (SSSR count). The monoisotopic (exact) mass is 388 g/mol. The van der Waals surface area contributed by atoms with Gasteiger partial charge in [0, 0.05) is 6.42 Å². The minimum atomic E-state index is -3.43. The van der Waals surface area contributed by atoms with Crippen molar-refractivity contribution in [1.82, 2.24) is 0 Å². The molecule has 0 aliphatic heterocycles. The predicted octanol–water partition coefficient (Wildman–Crippen LogP) is 5.10. The van der Waals surface area contributed by atoms with Gasteiger partial charge in [0.15, 0.2) is 9.84 Å². The number of ether oxygens (including phenoxy) is 1. The molecule has 0 heterocycles. The summed E-state index contributed by atoms with van der Waals surface area (Å²) in [6.45, 7) is 0. The van der Waals surface area contributed by atoms with E-state index in [0.717, 1.165) is 51.4 Å². The van der Waals surface area contributed by atoms with Crippen LogP contribution in [0.15, 0.2) is 35.2 Å². The quantitative estimate of drug-likeness (QED) is 0.268. The third kappa shape index (κ3) is 8.73. The molecule has 0 N–H and O–H groups in total. The summed E-state index contributed by atoms with van der Waals surface area (Å²) in [5, 5.41) is 0. The van der Waals surface area contributed by atoms with Crippen molar-refractivity contribution < 1.29 is 17.9 Å². The van der Waals surface area contributed by atoms with Crippen molar-refractivity contribution in [2.45, 2.75) is 73.8 Å². The van der Waals surface area contributed by atoms with E-state index in [4.69, 9.17) is 11.6 Å². The normalized spacial score (nSPS) is 12.7. The number of sulfone groups is 1. The minimum absolute atomic E-state index is 0.138. The Hall–Kier alpha value is -1.07. The van der Waals surface area contributed by atoms with Gasteiger partial charge in [0.2, 0.25) is 0 Å². The van der Waals surface area contributed by atoms with Crippen LogP contribution in [0.3, 0.4) is 0 Å². The number of unbranched alkanes of at least 4 members (excludes halogenated alkanes) is 7. The maximum Gasteiger partial charge on any atom is 0.305 e. The van der Waals surface area contributed by atoms with E-state index in [9.17, 15) is 13.2 Å². The number of benzene rings is 1. The van der Waals surface area contributed by atoms with Gasteiger partial charge >= 0.3 is 5.97 Å². The summed E-state index contributed by atoms with van der Waals surface area (Å²) in [7, 11) is -2.01. The van der Waals surface area contributed by atoms with Crippen molar-refractivity contribution in [3.05, 3.63) is 30.3 Å². The van der Waals surface area contributed by atoms with Crippen LogP contribution in [0, 0.1) is 0 Å². The van der Waals surface area contributed by atoms with Crippen LogP contribution in [-0.4, -0.2) is 26.2 Å². The Morgan fingerprint density at radius 1 is 0.960 bits per heavy atom. The third-order valence-electron chi connectivity index (χ3n) is 4.20. The van der Waals surface area contributed by atoms with E-state index in [0.29, 0.717) is 17.7 Å². The zero-order valence-corrected chi connectivity index (χ0v) is 16.5. The third-order valence-corrected chi connectivity index (χ3v) is 6.96. The fourth-order valence-corrected chi connectivity index (χ4v) is 4.42. The molecule has 0 saturated heterocycles. The molecule has 4 nitrogen and oxygen atoms in total. The van der Waals surface area contributed by atoms with Crippen molar-refractivity contribution in [1.29, 1.82) is 0 Å². The average molecular weight is 389 g/mol. The van der Waals surface area contributed by atoms with Crippen LogP contribution in [0.4, 0.5) is 0 Å². The standard InChI is InChI=1S/C19H29ClO4S/c1-24-19(21)16-12-7-5-3-2-4-6-11-15-18(20)25(22,23)17-13-9-8-10-14-17/h8-10,13-14,18H,2-7,11-12,15-16H2,1H3. The highest BCUT2D eigenvalue weighted by Gasteiger charge is 2.24. The molecule has 142 valence electrons. The summed E-state index contributed by atoms with van der Waals surface area (Å²) in [4.78, 5) is 11.3. The van der Waals surface area contributed by atoms with E-state index < -0.39 is 14.5 Å². The molecule has 0 saturated carbocycles. The lowest BCUT2D eigenvalue weighted by molar-refractivity contribution is -0.140. The van der Waals surface area contributed by atoms with Gasteiger partial charge in [-0.1, -0.05) is 63.1 Å². The van der Waals surface area contributed by atoms with E-state index in [-0.39, 0.29) is 5.97 Å². The average Bonchev–Trinajstić information content (AvgIpc) is 2.63. The lowest BCUT2D eigenvalue weighted by Gasteiger charge is -2.11. The van der Waals surface area contributed by atoms with Gasteiger partial charge in [-0.25, -0.2) is 8.42 Å². The largest absolute Gasteiger partial charge is 0.469 e. The Labute approximate surface area is 156 Å². The lowest BCUT2D eigenvalue weighted by Crippen LogP contribution is -2.15. The second kappa shape index (κ2) is 12.3. The number of rotatable bonds is 13. The molecule has 0 aliphatic rings. The first-order valence-corrected chi connectivity index (χ1v) is 11.0. The number of methoxy groups -OCH3 is 1. The number of halogens is 1. The molecule has 0 radical (unpaired) electrons. The highest BCUT2D eigenvalue weighted by atomic mass is 35.5. The topological polar surface area (TPSA) is 60.4 Å². The number of carbonyl (C=O) groups excluding carboxylic acids is 1. The number of hydrogen-bond acceptors (Lipinski definition) is 4. The van der Waals surface area contributed by atoms with E-state index in [1.54, 1.807) is 30.3 Å². The SMILES string of the molecule is COC(=O)CCCCCCCCCCC(Cl)S(=O)(=O)c1ccccc1. The van der Waals surface area contributed by atoms with E-state index in [2.05, 4.69) is 4.74 Å². The highest BCUT2D eigenvalue weighted by molar-refractivity contribution is 7.93. The molecular formula is C19H29ClO4S. The van der Waals surface area contributed by atoms with Gasteiger partial charge < -0.3 is 4.74 Å². The molecule has 0 amide bonds. The molecule has 25 heavy (non-hydrogen) atoms. The highest BCUT2D eigenvalue weighted by Crippen LogP contribution is 2.23. The second-order valence-corrected chi connectivity index (χ2v) is 9.13. The van der Waals surface area contributed by atoms with E-state index >= 15 is 0 Å². The Morgan fingerprint density at radius 2 is 1.48 bits per heavy atom. The maximum absolute atomic E-state index is 12.3. The van der Waals surface area contributed by atoms with Crippen molar-refractivity contribution in [2.24, 2.45) is 0 Å². The molecule has 0 spiro atoms. The van der Waals surface area contributed by atoms with Crippen molar-refractivity contribution in [3.63, 3.8) is 0 Å². The zero-order valence-electron chi connectivity index (χ0n) is 15.0. The maximum atomic E-state index is 12.3. The van der Waals surface area contributed by atoms with Gasteiger partial charge in [0.1, 0.15) is 4.71 Å². The van der Waals surface area contributed by atoms with Crippen molar-refractivity contribution in [2.75, 3.05) is 7.11 Å². The van der Waals surface area contributed by atoms with Gasteiger partial charge in [0.05, 0.1) is 12.0 Å². The first kappa shape index (κ1) is 22.0. The molecule has 1 atom stereocenters. The van der Waals surface area contributed by atoms with Crippen LogP contribution in [0.25, 0.3) is 0 Å². The van der Waals surface area contributed by atoms with Gasteiger partial charge in [-0.3, -0.25) is 4.79 Å². The van der Waals surface area contributed by atoms with Crippen LogP contribution in [0.5, 0.6) is 0 Å². The van der Waals surface area contributed by atoms with Gasteiger partial charge in [0.25, 0.3) is 0 Å².